The van der Waals surface area contributed by atoms with Gasteiger partial charge >= 0.3 is 0 Å². The minimum Gasteiger partial charge on any atom is -0.364 e. The second kappa shape index (κ2) is 8.07. The van der Waals surface area contributed by atoms with Crippen LogP contribution in [0.15, 0.2) is 36.7 Å². The molecule has 2 aromatic heterocycles. The summed E-state index contributed by atoms with van der Waals surface area (Å²) in [6.45, 7) is 5.53. The molecular weight excluding hydrogens is 448 g/mol. The Morgan fingerprint density at radius 3 is 2.52 bits per heavy atom. The number of imidazole rings is 1. The third kappa shape index (κ3) is 3.92. The predicted octanol–water partition coefficient (Wildman–Crippen LogP) is 4.20. The van der Waals surface area contributed by atoms with Crippen LogP contribution in [0.5, 0.6) is 0 Å². The monoisotopic (exact) mass is 475 g/mol. The number of nitrogens with zero attached hydrogens (tertiary/aromatic N) is 5. The Hall–Kier alpha value is -2.49. The number of piperazine rings is 1. The lowest BCUT2D eigenvalue weighted by Crippen LogP contribution is -2.58. The molecule has 1 aromatic carbocycles. The van der Waals surface area contributed by atoms with Crippen LogP contribution in [0.2, 0.25) is 5.02 Å². The van der Waals surface area contributed by atoms with Gasteiger partial charge < -0.3 is 14.9 Å². The minimum atomic E-state index is -2.63. The van der Waals surface area contributed by atoms with Crippen LogP contribution in [-0.4, -0.2) is 50.5 Å². The topological polar surface area (TPSA) is 75.2 Å². The van der Waals surface area contributed by atoms with E-state index in [-0.39, 0.29) is 24.5 Å². The molecule has 2 aliphatic rings. The first kappa shape index (κ1) is 22.3. The van der Waals surface area contributed by atoms with Gasteiger partial charge in [-0.25, -0.2) is 24.6 Å². The van der Waals surface area contributed by atoms with E-state index in [0.717, 1.165) is 22.4 Å². The number of aromatic nitrogens is 3. The van der Waals surface area contributed by atoms with Crippen molar-refractivity contribution in [3.8, 4) is 0 Å². The van der Waals surface area contributed by atoms with Gasteiger partial charge in [-0.1, -0.05) is 23.7 Å². The molecule has 2 fully saturated rings. The standard InChI is InChI=1S/C23H28ClF2N7/c1-13-11-33(21(17-9-23(17,25)26)15-4-6-16(24)7-5-15)14(2)10-32(13)18-8-19(30-27)29-22-20(18)28-12-31(22)3/h4-8,12-14,17,21H,9-11,27H2,1-3H3,(H,29,30). The Kier molecular flexibility index (Phi) is 5.46. The van der Waals surface area contributed by atoms with Gasteiger partial charge in [-0.3, -0.25) is 4.90 Å². The Morgan fingerprint density at radius 2 is 1.88 bits per heavy atom. The maximum absolute atomic E-state index is 14.3. The number of benzene rings is 1. The molecule has 0 bridgehead atoms. The zero-order chi connectivity index (χ0) is 23.5. The zero-order valence-corrected chi connectivity index (χ0v) is 19.6. The molecule has 4 atom stereocenters. The minimum absolute atomic E-state index is 0.0412. The number of rotatable bonds is 5. The molecule has 10 heteroatoms. The van der Waals surface area contributed by atoms with E-state index >= 15 is 0 Å². The van der Waals surface area contributed by atoms with E-state index in [1.54, 1.807) is 18.5 Å². The average Bonchev–Trinajstić information content (AvgIpc) is 3.24. The van der Waals surface area contributed by atoms with Crippen molar-refractivity contribution in [2.75, 3.05) is 23.4 Å². The molecule has 0 spiro atoms. The number of fused-ring (bicyclic) bond motifs is 1. The smallest absolute Gasteiger partial charge is 0.253 e. The van der Waals surface area contributed by atoms with Gasteiger partial charge in [0.1, 0.15) is 11.3 Å². The van der Waals surface area contributed by atoms with Gasteiger partial charge in [0.25, 0.3) is 5.92 Å². The molecule has 1 aliphatic carbocycles. The van der Waals surface area contributed by atoms with Crippen molar-refractivity contribution in [3.05, 3.63) is 47.2 Å². The number of nitrogen functional groups attached to an aromatic ring is 1. The Morgan fingerprint density at radius 1 is 1.18 bits per heavy atom. The number of hydrazine groups is 1. The van der Waals surface area contributed by atoms with Crippen LogP contribution in [0.25, 0.3) is 11.2 Å². The molecule has 3 heterocycles. The molecule has 33 heavy (non-hydrogen) atoms. The number of nitrogens with one attached hydrogen (secondary N) is 1. The van der Waals surface area contributed by atoms with Crippen molar-refractivity contribution in [3.63, 3.8) is 0 Å². The van der Waals surface area contributed by atoms with Gasteiger partial charge in [0.2, 0.25) is 0 Å². The number of pyridine rings is 1. The summed E-state index contributed by atoms with van der Waals surface area (Å²) in [4.78, 5) is 13.6. The third-order valence-electron chi connectivity index (χ3n) is 6.96. The van der Waals surface area contributed by atoms with E-state index in [4.69, 9.17) is 17.4 Å². The molecule has 1 saturated carbocycles. The first-order valence-corrected chi connectivity index (χ1v) is 11.5. The van der Waals surface area contributed by atoms with E-state index in [1.165, 1.54) is 0 Å². The average molecular weight is 476 g/mol. The van der Waals surface area contributed by atoms with E-state index in [9.17, 15) is 8.78 Å². The lowest BCUT2D eigenvalue weighted by Gasteiger charge is -2.48. The van der Waals surface area contributed by atoms with Crippen LogP contribution in [-0.2, 0) is 7.05 Å². The Labute approximate surface area is 196 Å². The van der Waals surface area contributed by atoms with Crippen molar-refractivity contribution in [2.24, 2.45) is 18.8 Å². The highest BCUT2D eigenvalue weighted by molar-refractivity contribution is 6.30. The van der Waals surface area contributed by atoms with Crippen LogP contribution >= 0.6 is 11.6 Å². The van der Waals surface area contributed by atoms with Gasteiger partial charge in [-0.05, 0) is 31.5 Å². The molecule has 3 N–H and O–H groups in total. The number of alkyl halides is 2. The number of aryl methyl sites for hydroxylation is 1. The number of anilines is 2. The number of nitrogens with two attached hydrogens (primary N) is 1. The summed E-state index contributed by atoms with van der Waals surface area (Å²) < 4.78 is 30.4. The molecule has 5 rings (SSSR count). The van der Waals surface area contributed by atoms with Crippen molar-refractivity contribution in [2.45, 2.75) is 44.3 Å². The van der Waals surface area contributed by atoms with Crippen molar-refractivity contribution < 1.29 is 8.78 Å². The van der Waals surface area contributed by atoms with Crippen LogP contribution in [0.4, 0.5) is 20.3 Å². The molecule has 0 radical (unpaired) electrons. The highest BCUT2D eigenvalue weighted by atomic mass is 35.5. The normalized spacial score (nSPS) is 25.9. The molecule has 1 saturated heterocycles. The fourth-order valence-electron chi connectivity index (χ4n) is 5.14. The maximum atomic E-state index is 14.3. The molecule has 4 unspecified atom stereocenters. The predicted molar refractivity (Wildman–Crippen MR) is 127 cm³/mol. The van der Waals surface area contributed by atoms with Crippen LogP contribution < -0.4 is 16.2 Å². The van der Waals surface area contributed by atoms with E-state index in [1.807, 2.05) is 29.8 Å². The second-order valence-corrected chi connectivity index (χ2v) is 9.75. The molecule has 7 nitrogen and oxygen atoms in total. The molecular formula is C23H28ClF2N7. The summed E-state index contributed by atoms with van der Waals surface area (Å²) in [5, 5.41) is 0.604. The fraction of sp³-hybridized carbons (Fsp3) is 0.478. The highest BCUT2D eigenvalue weighted by Gasteiger charge is 2.62. The molecule has 1 aliphatic heterocycles. The fourth-order valence-corrected chi connectivity index (χ4v) is 5.27. The van der Waals surface area contributed by atoms with Crippen molar-refractivity contribution in [1.82, 2.24) is 19.4 Å². The number of halogens is 3. The lowest BCUT2D eigenvalue weighted by molar-refractivity contribution is 0.0394. The number of hydrogen-bond acceptors (Lipinski definition) is 6. The van der Waals surface area contributed by atoms with Crippen LogP contribution in [0.3, 0.4) is 0 Å². The lowest BCUT2D eigenvalue weighted by atomic mass is 9.95. The Bertz CT molecular complexity index is 1170. The quantitative estimate of drug-likeness (QED) is 0.425. The van der Waals surface area contributed by atoms with E-state index < -0.39 is 11.8 Å². The zero-order valence-electron chi connectivity index (χ0n) is 18.8. The largest absolute Gasteiger partial charge is 0.364 e. The summed E-state index contributed by atoms with van der Waals surface area (Å²) >= 11 is 6.07. The number of hydrogen-bond donors (Lipinski definition) is 2. The van der Waals surface area contributed by atoms with Crippen LogP contribution in [0.1, 0.15) is 31.9 Å². The van der Waals surface area contributed by atoms with E-state index in [2.05, 4.69) is 39.0 Å². The SMILES string of the molecule is CC1CN(C(c2ccc(Cl)cc2)C2CC2(F)F)C(C)CN1c1cc(NN)nc2c1ncn2C. The maximum Gasteiger partial charge on any atom is 0.253 e. The first-order valence-electron chi connectivity index (χ1n) is 11.1. The van der Waals surface area contributed by atoms with Gasteiger partial charge in [0.15, 0.2) is 5.65 Å². The van der Waals surface area contributed by atoms with Crippen LogP contribution in [0, 0.1) is 5.92 Å². The Balaban J connectivity index is 1.48. The summed E-state index contributed by atoms with van der Waals surface area (Å²) in [7, 11) is 1.89. The summed E-state index contributed by atoms with van der Waals surface area (Å²) in [5.41, 5.74) is 6.00. The molecule has 3 aromatic rings. The van der Waals surface area contributed by atoms with Gasteiger partial charge in [0.05, 0.1) is 12.0 Å². The summed E-state index contributed by atoms with van der Waals surface area (Å²) in [6, 6.07) is 8.98. The highest BCUT2D eigenvalue weighted by Crippen LogP contribution is 2.57. The van der Waals surface area contributed by atoms with Gasteiger partial charge in [-0.2, -0.15) is 0 Å². The van der Waals surface area contributed by atoms with Crippen molar-refractivity contribution >= 4 is 34.3 Å². The molecule has 0 amide bonds. The molecule has 176 valence electrons. The van der Waals surface area contributed by atoms with Gasteiger partial charge in [-0.15, -0.1) is 0 Å². The summed E-state index contributed by atoms with van der Waals surface area (Å²) in [6.07, 6.45) is 1.66. The van der Waals surface area contributed by atoms with Crippen molar-refractivity contribution in [1.29, 1.82) is 0 Å². The third-order valence-corrected chi connectivity index (χ3v) is 7.22. The summed E-state index contributed by atoms with van der Waals surface area (Å²) in [5.74, 6) is 2.92. The van der Waals surface area contributed by atoms with Gasteiger partial charge in [0, 0.05) is 61.7 Å². The first-order chi connectivity index (χ1) is 15.7. The van der Waals surface area contributed by atoms with E-state index in [0.29, 0.717) is 23.9 Å². The second-order valence-electron chi connectivity index (χ2n) is 9.31.